The lowest BCUT2D eigenvalue weighted by Crippen LogP contribution is -2.54. The Kier molecular flexibility index (Phi) is 2.87. The van der Waals surface area contributed by atoms with E-state index in [-0.39, 0.29) is 11.7 Å². The molecule has 1 saturated carbocycles. The van der Waals surface area contributed by atoms with Gasteiger partial charge in [-0.05, 0) is 32.6 Å². The van der Waals surface area contributed by atoms with Crippen molar-refractivity contribution in [2.45, 2.75) is 32.2 Å². The topological polar surface area (TPSA) is 89.3 Å². The van der Waals surface area contributed by atoms with Crippen LogP contribution in [0.1, 0.15) is 26.7 Å². The Hall–Kier alpha value is -0.620. The van der Waals surface area contributed by atoms with Crippen molar-refractivity contribution < 1.29 is 13.2 Å². The smallest absolute Gasteiger partial charge is 0.253 e. The molecule has 1 fully saturated rings. The number of nitrogens with one attached hydrogen (secondary N) is 1. The lowest BCUT2D eigenvalue weighted by molar-refractivity contribution is -0.124. The summed E-state index contributed by atoms with van der Waals surface area (Å²) in [6.45, 7) is 3.05. The van der Waals surface area contributed by atoms with E-state index >= 15 is 0 Å². The first-order chi connectivity index (χ1) is 6.29. The molecule has 1 unspecified atom stereocenters. The Morgan fingerprint density at radius 2 is 2.07 bits per heavy atom. The van der Waals surface area contributed by atoms with Crippen LogP contribution >= 0.6 is 0 Å². The maximum absolute atomic E-state index is 11.5. The molecule has 1 amide bonds. The number of carbonyl (C=O) groups is 1. The molecule has 0 aromatic carbocycles. The maximum atomic E-state index is 11.5. The minimum absolute atomic E-state index is 0.112. The van der Waals surface area contributed by atoms with Gasteiger partial charge in [0.15, 0.2) is 0 Å². The SMILES string of the molecule is CCS(=O)(=O)NC(=O)C(C)(N)C1CC1. The number of hydrogen-bond acceptors (Lipinski definition) is 4. The quantitative estimate of drug-likeness (QED) is 0.673. The second-order valence-electron chi connectivity index (χ2n) is 3.89. The van der Waals surface area contributed by atoms with Crippen LogP contribution < -0.4 is 10.5 Å². The van der Waals surface area contributed by atoms with Crippen molar-refractivity contribution in [2.24, 2.45) is 11.7 Å². The lowest BCUT2D eigenvalue weighted by atomic mass is 9.97. The Labute approximate surface area is 84.1 Å². The zero-order valence-electron chi connectivity index (χ0n) is 8.41. The van der Waals surface area contributed by atoms with E-state index in [9.17, 15) is 13.2 Å². The molecule has 0 aromatic heterocycles. The predicted molar refractivity (Wildman–Crippen MR) is 52.9 cm³/mol. The van der Waals surface area contributed by atoms with Crippen LogP contribution in [-0.4, -0.2) is 25.6 Å². The highest BCUT2D eigenvalue weighted by atomic mass is 32.2. The van der Waals surface area contributed by atoms with Gasteiger partial charge in [0.05, 0.1) is 11.3 Å². The average molecular weight is 220 g/mol. The molecular formula is C8H16N2O3S. The molecule has 5 nitrogen and oxygen atoms in total. The summed E-state index contributed by atoms with van der Waals surface area (Å²) in [6, 6.07) is 0. The average Bonchev–Trinajstić information content (AvgIpc) is 2.85. The Morgan fingerprint density at radius 1 is 1.57 bits per heavy atom. The second kappa shape index (κ2) is 3.51. The van der Waals surface area contributed by atoms with Gasteiger partial charge in [-0.25, -0.2) is 8.42 Å². The molecule has 82 valence electrons. The highest BCUT2D eigenvalue weighted by Crippen LogP contribution is 2.38. The maximum Gasteiger partial charge on any atom is 0.253 e. The van der Waals surface area contributed by atoms with Crippen molar-refractivity contribution >= 4 is 15.9 Å². The molecule has 0 aromatic rings. The summed E-state index contributed by atoms with van der Waals surface area (Å²) < 4.78 is 24.2. The van der Waals surface area contributed by atoms with Crippen molar-refractivity contribution in [3.8, 4) is 0 Å². The minimum atomic E-state index is -3.49. The predicted octanol–water partition coefficient (Wildman–Crippen LogP) is -0.420. The van der Waals surface area contributed by atoms with E-state index in [1.54, 1.807) is 6.92 Å². The van der Waals surface area contributed by atoms with E-state index in [0.29, 0.717) is 0 Å². The first-order valence-corrected chi connectivity index (χ1v) is 6.28. The molecule has 0 aliphatic heterocycles. The van der Waals surface area contributed by atoms with Crippen LogP contribution in [0.2, 0.25) is 0 Å². The number of sulfonamides is 1. The normalized spacial score (nSPS) is 21.4. The monoisotopic (exact) mass is 220 g/mol. The van der Waals surface area contributed by atoms with Crippen molar-refractivity contribution in [2.75, 3.05) is 5.75 Å². The van der Waals surface area contributed by atoms with Gasteiger partial charge in [-0.3, -0.25) is 9.52 Å². The largest absolute Gasteiger partial charge is 0.317 e. The third-order valence-corrected chi connectivity index (χ3v) is 3.80. The number of carbonyl (C=O) groups excluding carboxylic acids is 1. The van der Waals surface area contributed by atoms with Gasteiger partial charge in [-0.2, -0.15) is 0 Å². The van der Waals surface area contributed by atoms with E-state index in [0.717, 1.165) is 12.8 Å². The number of amides is 1. The Balaban J connectivity index is 2.66. The van der Waals surface area contributed by atoms with Crippen molar-refractivity contribution in [3.63, 3.8) is 0 Å². The standard InChI is InChI=1S/C8H16N2O3S/c1-3-14(12,13)10-7(11)8(2,9)6-4-5-6/h6H,3-5,9H2,1-2H3,(H,10,11). The highest BCUT2D eigenvalue weighted by Gasteiger charge is 2.44. The molecule has 0 spiro atoms. The zero-order valence-corrected chi connectivity index (χ0v) is 9.23. The van der Waals surface area contributed by atoms with Gasteiger partial charge in [-0.15, -0.1) is 0 Å². The van der Waals surface area contributed by atoms with Crippen molar-refractivity contribution in [1.82, 2.24) is 4.72 Å². The fraction of sp³-hybridized carbons (Fsp3) is 0.875. The van der Waals surface area contributed by atoms with Gasteiger partial charge < -0.3 is 5.73 Å². The van der Waals surface area contributed by atoms with E-state index in [1.165, 1.54) is 6.92 Å². The van der Waals surface area contributed by atoms with Crippen molar-refractivity contribution in [1.29, 1.82) is 0 Å². The first-order valence-electron chi connectivity index (χ1n) is 4.63. The van der Waals surface area contributed by atoms with E-state index in [1.807, 2.05) is 4.72 Å². The Morgan fingerprint density at radius 3 is 2.43 bits per heavy atom. The van der Waals surface area contributed by atoms with Gasteiger partial charge >= 0.3 is 0 Å². The van der Waals surface area contributed by atoms with Crippen LogP contribution in [-0.2, 0) is 14.8 Å². The van der Waals surface area contributed by atoms with Crippen LogP contribution in [0.15, 0.2) is 0 Å². The molecule has 0 bridgehead atoms. The third kappa shape index (κ3) is 2.45. The molecule has 3 N–H and O–H groups in total. The van der Waals surface area contributed by atoms with Crippen LogP contribution in [0.25, 0.3) is 0 Å². The fourth-order valence-electron chi connectivity index (χ4n) is 1.19. The molecule has 0 radical (unpaired) electrons. The summed E-state index contributed by atoms with van der Waals surface area (Å²) in [5, 5.41) is 0. The van der Waals surface area contributed by atoms with E-state index in [4.69, 9.17) is 5.73 Å². The lowest BCUT2D eigenvalue weighted by Gasteiger charge is -2.22. The summed E-state index contributed by atoms with van der Waals surface area (Å²) >= 11 is 0. The first kappa shape index (κ1) is 11.5. The second-order valence-corrected chi connectivity index (χ2v) is 5.90. The van der Waals surface area contributed by atoms with E-state index < -0.39 is 21.5 Å². The van der Waals surface area contributed by atoms with E-state index in [2.05, 4.69) is 0 Å². The molecule has 1 aliphatic rings. The third-order valence-electron chi connectivity index (χ3n) is 2.54. The number of rotatable bonds is 4. The van der Waals surface area contributed by atoms with Crippen LogP contribution in [0.4, 0.5) is 0 Å². The van der Waals surface area contributed by atoms with Gasteiger partial charge in [0.25, 0.3) is 5.91 Å². The zero-order chi connectivity index (χ0) is 11.0. The van der Waals surface area contributed by atoms with Gasteiger partial charge in [0, 0.05) is 0 Å². The van der Waals surface area contributed by atoms with Crippen molar-refractivity contribution in [3.05, 3.63) is 0 Å². The summed E-state index contributed by atoms with van der Waals surface area (Å²) in [6.07, 6.45) is 1.79. The molecule has 14 heavy (non-hydrogen) atoms. The molecule has 0 saturated heterocycles. The molecular weight excluding hydrogens is 204 g/mol. The number of hydrogen-bond donors (Lipinski definition) is 2. The number of nitrogens with two attached hydrogens (primary N) is 1. The summed E-state index contributed by atoms with van der Waals surface area (Å²) in [5.41, 5.74) is 4.70. The van der Waals surface area contributed by atoms with Crippen LogP contribution in [0.5, 0.6) is 0 Å². The highest BCUT2D eigenvalue weighted by molar-refractivity contribution is 7.90. The van der Waals surface area contributed by atoms with Gasteiger partial charge in [0.2, 0.25) is 10.0 Å². The fourth-order valence-corrected chi connectivity index (χ4v) is 1.84. The molecule has 1 rings (SSSR count). The Bertz CT molecular complexity index is 330. The minimum Gasteiger partial charge on any atom is -0.317 e. The van der Waals surface area contributed by atoms with Gasteiger partial charge in [0.1, 0.15) is 0 Å². The molecule has 0 heterocycles. The summed E-state index contributed by atoms with van der Waals surface area (Å²) in [7, 11) is -3.49. The molecule has 1 atom stereocenters. The summed E-state index contributed by atoms with van der Waals surface area (Å²) in [5.74, 6) is -0.587. The molecule has 1 aliphatic carbocycles. The van der Waals surface area contributed by atoms with Gasteiger partial charge in [-0.1, -0.05) is 0 Å². The molecule has 6 heteroatoms. The van der Waals surface area contributed by atoms with Crippen LogP contribution in [0, 0.1) is 5.92 Å². The van der Waals surface area contributed by atoms with Crippen LogP contribution in [0.3, 0.4) is 0 Å². The summed E-state index contributed by atoms with van der Waals surface area (Å²) in [4.78, 5) is 11.5.